The standard InChI is InChI=1S/C16H24N4O3S/c1-4-15-14(12(2)23-18-15)11-20(24(3,21)22)10-13-9-19-8-6-5-7-16(19)17-13/h9H,4-8,10-11H2,1-3H3. The summed E-state index contributed by atoms with van der Waals surface area (Å²) in [5, 5.41) is 4.01. The summed E-state index contributed by atoms with van der Waals surface area (Å²) in [4.78, 5) is 4.62. The summed E-state index contributed by atoms with van der Waals surface area (Å²) in [5.41, 5.74) is 2.46. The van der Waals surface area contributed by atoms with Gasteiger partial charge in [-0.15, -0.1) is 0 Å². The molecule has 0 saturated heterocycles. The number of nitrogens with zero attached hydrogens (tertiary/aromatic N) is 4. The van der Waals surface area contributed by atoms with Crippen molar-refractivity contribution in [1.82, 2.24) is 19.0 Å². The van der Waals surface area contributed by atoms with Gasteiger partial charge in [0.15, 0.2) is 0 Å². The van der Waals surface area contributed by atoms with E-state index in [2.05, 4.69) is 14.7 Å². The molecule has 0 radical (unpaired) electrons. The molecule has 1 aliphatic heterocycles. The predicted octanol–water partition coefficient (Wildman–Crippen LogP) is 2.04. The molecule has 3 heterocycles. The van der Waals surface area contributed by atoms with Gasteiger partial charge in [0.25, 0.3) is 0 Å². The molecule has 0 N–H and O–H groups in total. The van der Waals surface area contributed by atoms with Crippen LogP contribution in [-0.4, -0.2) is 33.7 Å². The molecule has 0 atom stereocenters. The van der Waals surface area contributed by atoms with Crippen LogP contribution in [0.15, 0.2) is 10.7 Å². The van der Waals surface area contributed by atoms with Crippen LogP contribution in [0.25, 0.3) is 0 Å². The number of imidazole rings is 1. The second-order valence-corrected chi connectivity index (χ2v) is 8.33. The Hall–Kier alpha value is -1.67. The molecule has 0 amide bonds. The van der Waals surface area contributed by atoms with Crippen LogP contribution in [0, 0.1) is 6.92 Å². The van der Waals surface area contributed by atoms with Gasteiger partial charge in [0, 0.05) is 31.3 Å². The molecule has 0 bridgehead atoms. The highest BCUT2D eigenvalue weighted by Gasteiger charge is 2.24. The van der Waals surface area contributed by atoms with Crippen molar-refractivity contribution in [3.63, 3.8) is 0 Å². The molecule has 3 rings (SSSR count). The first-order valence-electron chi connectivity index (χ1n) is 8.32. The summed E-state index contributed by atoms with van der Waals surface area (Å²) < 4.78 is 33.3. The Kier molecular flexibility index (Phi) is 4.78. The van der Waals surface area contributed by atoms with Crippen molar-refractivity contribution in [3.05, 3.63) is 34.7 Å². The monoisotopic (exact) mass is 352 g/mol. The van der Waals surface area contributed by atoms with Crippen LogP contribution < -0.4 is 0 Å². The zero-order valence-electron chi connectivity index (χ0n) is 14.4. The SMILES string of the molecule is CCc1noc(C)c1CN(Cc1cn2c(n1)CCCC2)S(C)(=O)=O. The second-order valence-electron chi connectivity index (χ2n) is 6.35. The summed E-state index contributed by atoms with van der Waals surface area (Å²) >= 11 is 0. The molecule has 8 heteroatoms. The van der Waals surface area contributed by atoms with Gasteiger partial charge >= 0.3 is 0 Å². The van der Waals surface area contributed by atoms with Crippen LogP contribution in [0.3, 0.4) is 0 Å². The van der Waals surface area contributed by atoms with E-state index in [-0.39, 0.29) is 13.1 Å². The number of aryl methyl sites for hydroxylation is 4. The van der Waals surface area contributed by atoms with Crippen molar-refractivity contribution in [2.45, 2.75) is 59.2 Å². The topological polar surface area (TPSA) is 81.2 Å². The molecular weight excluding hydrogens is 328 g/mol. The molecule has 2 aromatic heterocycles. The van der Waals surface area contributed by atoms with E-state index in [1.807, 2.05) is 20.0 Å². The lowest BCUT2D eigenvalue weighted by Gasteiger charge is -2.19. The van der Waals surface area contributed by atoms with Crippen molar-refractivity contribution in [2.24, 2.45) is 0 Å². The van der Waals surface area contributed by atoms with Crippen molar-refractivity contribution in [3.8, 4) is 0 Å². The lowest BCUT2D eigenvalue weighted by atomic mass is 10.1. The van der Waals surface area contributed by atoms with Crippen LogP contribution >= 0.6 is 0 Å². The van der Waals surface area contributed by atoms with E-state index in [9.17, 15) is 8.42 Å². The molecule has 0 saturated carbocycles. The molecule has 0 unspecified atom stereocenters. The smallest absolute Gasteiger partial charge is 0.211 e. The summed E-state index contributed by atoms with van der Waals surface area (Å²) in [6.07, 6.45) is 7.18. The van der Waals surface area contributed by atoms with Gasteiger partial charge in [-0.25, -0.2) is 13.4 Å². The van der Waals surface area contributed by atoms with E-state index in [1.165, 1.54) is 10.6 Å². The van der Waals surface area contributed by atoms with Gasteiger partial charge in [-0.3, -0.25) is 0 Å². The van der Waals surface area contributed by atoms with Gasteiger partial charge in [0.2, 0.25) is 10.0 Å². The molecule has 0 fully saturated rings. The maximum atomic E-state index is 12.3. The van der Waals surface area contributed by atoms with Gasteiger partial charge < -0.3 is 9.09 Å². The largest absolute Gasteiger partial charge is 0.361 e. The molecule has 0 spiro atoms. The normalized spacial score (nSPS) is 15.0. The third-order valence-corrected chi connectivity index (χ3v) is 5.70. The minimum atomic E-state index is -3.37. The summed E-state index contributed by atoms with van der Waals surface area (Å²) in [7, 11) is -3.37. The van der Waals surface area contributed by atoms with Crippen molar-refractivity contribution >= 4 is 10.0 Å². The van der Waals surface area contributed by atoms with Crippen LogP contribution in [0.2, 0.25) is 0 Å². The van der Waals surface area contributed by atoms with Gasteiger partial charge in [-0.05, 0) is 26.2 Å². The van der Waals surface area contributed by atoms with E-state index in [4.69, 9.17) is 4.52 Å². The number of rotatable bonds is 6. The molecular formula is C16H24N4O3S. The van der Waals surface area contributed by atoms with E-state index in [0.717, 1.165) is 48.6 Å². The molecule has 2 aromatic rings. The summed E-state index contributed by atoms with van der Waals surface area (Å²) in [6, 6.07) is 0. The quantitative estimate of drug-likeness (QED) is 0.795. The zero-order valence-corrected chi connectivity index (χ0v) is 15.3. The molecule has 24 heavy (non-hydrogen) atoms. The van der Waals surface area contributed by atoms with Crippen LogP contribution in [0.1, 0.15) is 48.3 Å². The van der Waals surface area contributed by atoms with Crippen molar-refractivity contribution < 1.29 is 12.9 Å². The van der Waals surface area contributed by atoms with Crippen LogP contribution in [-0.2, 0) is 42.5 Å². The van der Waals surface area contributed by atoms with Crippen LogP contribution in [0.4, 0.5) is 0 Å². The summed E-state index contributed by atoms with van der Waals surface area (Å²) in [6.45, 7) is 5.30. The van der Waals surface area contributed by atoms with Crippen LogP contribution in [0.5, 0.6) is 0 Å². The Morgan fingerprint density at radius 1 is 1.33 bits per heavy atom. The molecule has 0 aliphatic carbocycles. The third kappa shape index (κ3) is 3.54. The number of aromatic nitrogens is 3. The highest BCUT2D eigenvalue weighted by Crippen LogP contribution is 2.21. The third-order valence-electron chi connectivity index (χ3n) is 4.50. The maximum absolute atomic E-state index is 12.3. The number of fused-ring (bicyclic) bond motifs is 1. The second kappa shape index (κ2) is 6.68. The molecule has 1 aliphatic rings. The molecule has 0 aromatic carbocycles. The average molecular weight is 352 g/mol. The van der Waals surface area contributed by atoms with Crippen molar-refractivity contribution in [1.29, 1.82) is 0 Å². The Morgan fingerprint density at radius 3 is 2.79 bits per heavy atom. The predicted molar refractivity (Wildman–Crippen MR) is 89.9 cm³/mol. The number of hydrogen-bond acceptors (Lipinski definition) is 5. The van der Waals surface area contributed by atoms with Gasteiger partial charge in [0.05, 0.1) is 24.2 Å². The van der Waals surface area contributed by atoms with Gasteiger partial charge in [-0.2, -0.15) is 4.31 Å². The maximum Gasteiger partial charge on any atom is 0.211 e. The van der Waals surface area contributed by atoms with Gasteiger partial charge in [-0.1, -0.05) is 12.1 Å². The molecule has 132 valence electrons. The Balaban J connectivity index is 1.85. The highest BCUT2D eigenvalue weighted by molar-refractivity contribution is 7.88. The lowest BCUT2D eigenvalue weighted by Crippen LogP contribution is -2.29. The number of sulfonamides is 1. The minimum Gasteiger partial charge on any atom is -0.361 e. The lowest BCUT2D eigenvalue weighted by molar-refractivity contribution is 0.380. The van der Waals surface area contributed by atoms with Gasteiger partial charge in [0.1, 0.15) is 11.6 Å². The first kappa shape index (κ1) is 17.2. The van der Waals surface area contributed by atoms with E-state index >= 15 is 0 Å². The molecule has 7 nitrogen and oxygen atoms in total. The fourth-order valence-electron chi connectivity index (χ4n) is 3.11. The Morgan fingerprint density at radius 2 is 2.12 bits per heavy atom. The Labute approximate surface area is 142 Å². The fourth-order valence-corrected chi connectivity index (χ4v) is 3.84. The fraction of sp³-hybridized carbons (Fsp3) is 0.625. The Bertz CT molecular complexity index is 799. The number of hydrogen-bond donors (Lipinski definition) is 0. The van der Waals surface area contributed by atoms with Crippen molar-refractivity contribution in [2.75, 3.05) is 6.26 Å². The first-order chi connectivity index (χ1) is 11.4. The van der Waals surface area contributed by atoms with E-state index in [1.54, 1.807) is 0 Å². The summed E-state index contributed by atoms with van der Waals surface area (Å²) in [5.74, 6) is 1.73. The van der Waals surface area contributed by atoms with E-state index in [0.29, 0.717) is 12.2 Å². The first-order valence-corrected chi connectivity index (χ1v) is 10.2. The average Bonchev–Trinajstić information content (AvgIpc) is 3.09. The van der Waals surface area contributed by atoms with E-state index < -0.39 is 10.0 Å². The zero-order chi connectivity index (χ0) is 17.3. The minimum absolute atomic E-state index is 0.263. The highest BCUT2D eigenvalue weighted by atomic mass is 32.2.